The van der Waals surface area contributed by atoms with Crippen molar-refractivity contribution in [3.63, 3.8) is 0 Å². The van der Waals surface area contributed by atoms with Crippen LogP contribution in [0.2, 0.25) is 0 Å². The number of anilines is 1. The van der Waals surface area contributed by atoms with Crippen molar-refractivity contribution in [1.29, 1.82) is 0 Å². The van der Waals surface area contributed by atoms with Crippen molar-refractivity contribution in [2.45, 2.75) is 6.54 Å². The van der Waals surface area contributed by atoms with Crippen LogP contribution in [0.4, 0.5) is 5.00 Å². The Labute approximate surface area is 193 Å². The molecule has 2 heterocycles. The van der Waals surface area contributed by atoms with Gasteiger partial charge < -0.3 is 24.6 Å². The first kappa shape index (κ1) is 23.2. The molecule has 29 heavy (non-hydrogen) atoms. The lowest BCUT2D eigenvalue weighted by atomic mass is 10.2. The minimum atomic E-state index is 0. The van der Waals surface area contributed by atoms with E-state index in [9.17, 15) is 0 Å². The van der Waals surface area contributed by atoms with Crippen molar-refractivity contribution in [3.05, 3.63) is 41.3 Å². The zero-order valence-corrected chi connectivity index (χ0v) is 19.9. The van der Waals surface area contributed by atoms with E-state index < -0.39 is 0 Å². The van der Waals surface area contributed by atoms with Gasteiger partial charge in [-0.1, -0.05) is 12.0 Å². The van der Waals surface area contributed by atoms with E-state index >= 15 is 0 Å². The first-order valence-electron chi connectivity index (χ1n) is 9.22. The molecule has 0 aliphatic carbocycles. The number of piperazine rings is 1. The third kappa shape index (κ3) is 6.18. The molecule has 0 unspecified atom stereocenters. The van der Waals surface area contributed by atoms with E-state index in [1.54, 1.807) is 18.4 Å². The van der Waals surface area contributed by atoms with Crippen LogP contribution in [0.15, 0.2) is 40.7 Å². The van der Waals surface area contributed by atoms with E-state index in [4.69, 9.17) is 15.9 Å². The maximum absolute atomic E-state index is 5.58. The Morgan fingerprint density at radius 1 is 1.24 bits per heavy atom. The van der Waals surface area contributed by atoms with Crippen LogP contribution in [-0.2, 0) is 6.54 Å². The van der Waals surface area contributed by atoms with Crippen LogP contribution < -0.4 is 19.7 Å². The summed E-state index contributed by atoms with van der Waals surface area (Å²) in [7, 11) is 3.44. The number of nitrogens with zero attached hydrogens (tertiary/aromatic N) is 3. The summed E-state index contributed by atoms with van der Waals surface area (Å²) in [5.74, 6) is 4.72. The smallest absolute Gasteiger partial charge is 0.194 e. The number of methoxy groups -OCH3 is 1. The first-order chi connectivity index (χ1) is 13.7. The van der Waals surface area contributed by atoms with Crippen LogP contribution in [-0.4, -0.2) is 57.8 Å². The van der Waals surface area contributed by atoms with Gasteiger partial charge in [0.05, 0.1) is 12.1 Å². The van der Waals surface area contributed by atoms with Gasteiger partial charge in [-0.05, 0) is 35.2 Å². The SMILES string of the molecule is C#CCOc1cc(CNC(=NC)N2CCN(c3cccs3)CC2)ccc1OC.I. The predicted octanol–water partition coefficient (Wildman–Crippen LogP) is 3.28. The molecular formula is C21H27IN4O2S. The van der Waals surface area contributed by atoms with Gasteiger partial charge in [-0.15, -0.1) is 41.7 Å². The molecule has 2 aromatic rings. The Morgan fingerprint density at radius 3 is 2.66 bits per heavy atom. The molecule has 3 rings (SSSR count). The van der Waals surface area contributed by atoms with E-state index in [0.717, 1.165) is 37.7 Å². The molecule has 1 aliphatic heterocycles. The summed E-state index contributed by atoms with van der Waals surface area (Å²) >= 11 is 1.79. The van der Waals surface area contributed by atoms with Crippen LogP contribution >= 0.6 is 35.3 Å². The molecule has 156 valence electrons. The van der Waals surface area contributed by atoms with Gasteiger partial charge in [0.25, 0.3) is 0 Å². The van der Waals surface area contributed by atoms with E-state index in [2.05, 4.69) is 43.5 Å². The number of nitrogens with one attached hydrogen (secondary N) is 1. The fourth-order valence-electron chi connectivity index (χ4n) is 3.17. The van der Waals surface area contributed by atoms with Crippen molar-refractivity contribution in [3.8, 4) is 23.8 Å². The van der Waals surface area contributed by atoms with Gasteiger partial charge in [-0.2, -0.15) is 0 Å². The molecule has 0 radical (unpaired) electrons. The van der Waals surface area contributed by atoms with Crippen LogP contribution in [0.5, 0.6) is 11.5 Å². The molecule has 0 amide bonds. The lowest BCUT2D eigenvalue weighted by Crippen LogP contribution is -2.52. The van der Waals surface area contributed by atoms with Gasteiger partial charge in [0.2, 0.25) is 0 Å². The van der Waals surface area contributed by atoms with Crippen molar-refractivity contribution in [2.75, 3.05) is 51.8 Å². The van der Waals surface area contributed by atoms with Gasteiger partial charge >= 0.3 is 0 Å². The zero-order chi connectivity index (χ0) is 19.8. The lowest BCUT2D eigenvalue weighted by Gasteiger charge is -2.37. The van der Waals surface area contributed by atoms with Gasteiger partial charge in [0, 0.05) is 39.8 Å². The highest BCUT2D eigenvalue weighted by atomic mass is 127. The molecule has 1 aromatic heterocycles. The third-order valence-electron chi connectivity index (χ3n) is 4.60. The molecule has 0 saturated carbocycles. The number of aliphatic imine (C=N–C) groups is 1. The second-order valence-corrected chi connectivity index (χ2v) is 7.23. The Hall–Kier alpha value is -2.12. The molecule has 1 aromatic carbocycles. The van der Waals surface area contributed by atoms with Crippen molar-refractivity contribution in [2.24, 2.45) is 4.99 Å². The monoisotopic (exact) mass is 526 g/mol. The molecule has 0 spiro atoms. The molecule has 1 aliphatic rings. The number of hydrogen-bond donors (Lipinski definition) is 1. The Morgan fingerprint density at radius 2 is 2.03 bits per heavy atom. The maximum Gasteiger partial charge on any atom is 0.194 e. The van der Waals surface area contributed by atoms with E-state index in [1.165, 1.54) is 5.00 Å². The summed E-state index contributed by atoms with van der Waals surface area (Å²) in [4.78, 5) is 9.17. The molecule has 0 atom stereocenters. The van der Waals surface area contributed by atoms with Crippen molar-refractivity contribution < 1.29 is 9.47 Å². The lowest BCUT2D eigenvalue weighted by molar-refractivity contribution is 0.330. The number of guanidine groups is 1. The van der Waals surface area contributed by atoms with Crippen LogP contribution in [0.1, 0.15) is 5.56 Å². The largest absolute Gasteiger partial charge is 0.493 e. The number of thiophene rings is 1. The standard InChI is InChI=1S/C21H26N4O2S.HI/c1-4-13-27-19-15-17(7-8-18(19)26-3)16-23-21(22-2)25-11-9-24(10-12-25)20-6-5-14-28-20;/h1,5-8,14-15H,9-13,16H2,2-3H3,(H,22,23);1H. The van der Waals surface area contributed by atoms with E-state index in [-0.39, 0.29) is 30.6 Å². The summed E-state index contributed by atoms with van der Waals surface area (Å²) in [5, 5.41) is 6.91. The molecule has 6 nitrogen and oxygen atoms in total. The summed E-state index contributed by atoms with van der Waals surface area (Å²) in [6, 6.07) is 10.1. The summed E-state index contributed by atoms with van der Waals surface area (Å²) in [5.41, 5.74) is 1.08. The topological polar surface area (TPSA) is 49.3 Å². The van der Waals surface area contributed by atoms with E-state index in [0.29, 0.717) is 18.0 Å². The quantitative estimate of drug-likeness (QED) is 0.271. The highest BCUT2D eigenvalue weighted by Gasteiger charge is 2.20. The summed E-state index contributed by atoms with van der Waals surface area (Å²) in [6.45, 7) is 4.73. The van der Waals surface area contributed by atoms with Crippen LogP contribution in [0.3, 0.4) is 0 Å². The average Bonchev–Trinajstić information content (AvgIpc) is 3.28. The molecule has 0 bridgehead atoms. The van der Waals surface area contributed by atoms with Crippen molar-refractivity contribution >= 4 is 46.3 Å². The van der Waals surface area contributed by atoms with Crippen LogP contribution in [0.25, 0.3) is 0 Å². The Balaban J connectivity index is 0.00000300. The molecule has 1 fully saturated rings. The van der Waals surface area contributed by atoms with Gasteiger partial charge in [-0.25, -0.2) is 0 Å². The Bertz CT molecular complexity index is 828. The minimum Gasteiger partial charge on any atom is -0.493 e. The molecular weight excluding hydrogens is 499 g/mol. The number of hydrogen-bond acceptors (Lipinski definition) is 5. The average molecular weight is 526 g/mol. The first-order valence-corrected chi connectivity index (χ1v) is 10.1. The molecule has 1 N–H and O–H groups in total. The second-order valence-electron chi connectivity index (χ2n) is 6.30. The second kappa shape index (κ2) is 11.8. The maximum atomic E-state index is 5.58. The third-order valence-corrected chi connectivity index (χ3v) is 5.53. The number of terminal acetylenes is 1. The molecule has 8 heteroatoms. The van der Waals surface area contributed by atoms with Crippen molar-refractivity contribution in [1.82, 2.24) is 10.2 Å². The normalized spacial score (nSPS) is 14.0. The number of rotatable bonds is 6. The van der Waals surface area contributed by atoms with E-state index in [1.807, 2.05) is 25.2 Å². The predicted molar refractivity (Wildman–Crippen MR) is 131 cm³/mol. The summed E-state index contributed by atoms with van der Waals surface area (Å²) < 4.78 is 10.9. The van der Waals surface area contributed by atoms with Gasteiger partial charge in [0.15, 0.2) is 17.5 Å². The zero-order valence-electron chi connectivity index (χ0n) is 16.8. The van der Waals surface area contributed by atoms with Crippen LogP contribution in [0, 0.1) is 12.3 Å². The highest BCUT2D eigenvalue weighted by molar-refractivity contribution is 14.0. The van der Waals surface area contributed by atoms with Gasteiger partial charge in [0.1, 0.15) is 6.61 Å². The Kier molecular flexibility index (Phi) is 9.41. The fraction of sp³-hybridized carbons (Fsp3) is 0.381. The molecule has 1 saturated heterocycles. The summed E-state index contributed by atoms with van der Waals surface area (Å²) in [6.07, 6.45) is 5.29. The number of halogens is 1. The van der Waals surface area contributed by atoms with Gasteiger partial charge in [-0.3, -0.25) is 4.99 Å². The fourth-order valence-corrected chi connectivity index (χ4v) is 3.95. The highest BCUT2D eigenvalue weighted by Crippen LogP contribution is 2.28. The minimum absolute atomic E-state index is 0. The number of benzene rings is 1. The number of ether oxygens (including phenoxy) is 2.